The molecular formula is C22H13F8N3O4S. The molecule has 0 heterocycles. The largest absolute Gasteiger partial charge is 0.352 e. The summed E-state index contributed by atoms with van der Waals surface area (Å²) >= 11 is 0. The summed E-state index contributed by atoms with van der Waals surface area (Å²) in [5.41, 5.74) is -2.16. The fraction of sp³-hybridized carbons (Fsp3) is 0.0909. The molecule has 0 aliphatic rings. The van der Waals surface area contributed by atoms with Gasteiger partial charge in [0.1, 0.15) is 5.56 Å². The van der Waals surface area contributed by atoms with Gasteiger partial charge in [-0.05, 0) is 36.2 Å². The molecule has 0 aliphatic carbocycles. The first-order chi connectivity index (χ1) is 17.7. The van der Waals surface area contributed by atoms with Crippen LogP contribution in [0.25, 0.3) is 0 Å². The Balaban J connectivity index is 1.61. The van der Waals surface area contributed by atoms with Gasteiger partial charge in [0.25, 0.3) is 15.9 Å². The number of amides is 3. The molecule has 0 radical (unpaired) electrons. The van der Waals surface area contributed by atoms with Crippen LogP contribution in [0.1, 0.15) is 15.9 Å². The van der Waals surface area contributed by atoms with E-state index in [4.69, 9.17) is 0 Å². The Bertz CT molecular complexity index is 1500. The lowest BCUT2D eigenvalue weighted by Gasteiger charge is -2.11. The lowest BCUT2D eigenvalue weighted by atomic mass is 10.1. The lowest BCUT2D eigenvalue weighted by Crippen LogP contribution is -2.34. The summed E-state index contributed by atoms with van der Waals surface area (Å²) in [6, 6.07) is 4.13. The van der Waals surface area contributed by atoms with Crippen molar-refractivity contribution in [3.8, 4) is 0 Å². The number of hydrogen-bond donors (Lipinski definition) is 3. The highest BCUT2D eigenvalue weighted by Crippen LogP contribution is 2.23. The molecule has 0 unspecified atom stereocenters. The topological polar surface area (TPSA) is 104 Å². The fourth-order valence-corrected chi connectivity index (χ4v) is 3.91. The quantitative estimate of drug-likeness (QED) is 0.225. The number of sulfonamides is 1. The Morgan fingerprint density at radius 1 is 0.684 bits per heavy atom. The normalized spacial score (nSPS) is 11.3. The van der Waals surface area contributed by atoms with Crippen molar-refractivity contribution in [2.75, 3.05) is 11.9 Å². The van der Waals surface area contributed by atoms with E-state index in [2.05, 4.69) is 0 Å². The first-order valence-electron chi connectivity index (χ1n) is 10.1. The third kappa shape index (κ3) is 5.85. The zero-order chi connectivity index (χ0) is 28.4. The monoisotopic (exact) mass is 567 g/mol. The first kappa shape index (κ1) is 28.4. The van der Waals surface area contributed by atoms with Crippen molar-refractivity contribution in [1.29, 1.82) is 0 Å². The Labute approximate surface area is 208 Å². The van der Waals surface area contributed by atoms with Gasteiger partial charge in [0.15, 0.2) is 40.7 Å². The molecule has 3 amide bonds. The minimum absolute atomic E-state index is 0.0786. The Morgan fingerprint density at radius 3 is 1.82 bits per heavy atom. The van der Waals surface area contributed by atoms with Gasteiger partial charge in [0, 0.05) is 6.54 Å². The van der Waals surface area contributed by atoms with Gasteiger partial charge in [-0.25, -0.2) is 53.1 Å². The summed E-state index contributed by atoms with van der Waals surface area (Å²) in [5, 5.41) is 3.68. The zero-order valence-electron chi connectivity index (χ0n) is 18.4. The van der Waals surface area contributed by atoms with E-state index in [0.717, 1.165) is 12.1 Å². The van der Waals surface area contributed by atoms with Crippen LogP contribution in [0.5, 0.6) is 0 Å². The molecule has 3 N–H and O–H groups in total. The van der Waals surface area contributed by atoms with Crippen LogP contribution in [-0.2, 0) is 16.4 Å². The van der Waals surface area contributed by atoms with Crippen molar-refractivity contribution in [2.45, 2.75) is 11.3 Å². The van der Waals surface area contributed by atoms with Crippen molar-refractivity contribution in [3.05, 3.63) is 94.1 Å². The third-order valence-electron chi connectivity index (χ3n) is 4.88. The summed E-state index contributed by atoms with van der Waals surface area (Å²) in [4.78, 5) is 23.4. The van der Waals surface area contributed by atoms with Gasteiger partial charge in [-0.2, -0.15) is 0 Å². The average Bonchev–Trinajstić information content (AvgIpc) is 2.87. The van der Waals surface area contributed by atoms with Crippen molar-refractivity contribution < 1.29 is 53.1 Å². The van der Waals surface area contributed by atoms with E-state index < -0.39 is 84.6 Å². The third-order valence-corrected chi connectivity index (χ3v) is 6.23. The van der Waals surface area contributed by atoms with E-state index in [0.29, 0.717) is 17.7 Å². The molecule has 0 saturated carbocycles. The second-order valence-electron chi connectivity index (χ2n) is 7.38. The summed E-state index contributed by atoms with van der Waals surface area (Å²) in [6.07, 6.45) is -0.0786. The summed E-state index contributed by atoms with van der Waals surface area (Å²) in [6.45, 7) is -0.356. The number of carbonyl (C=O) groups is 2. The highest BCUT2D eigenvalue weighted by atomic mass is 32.2. The van der Waals surface area contributed by atoms with E-state index in [-0.39, 0.29) is 13.0 Å². The molecule has 3 aromatic rings. The van der Waals surface area contributed by atoms with E-state index >= 15 is 0 Å². The van der Waals surface area contributed by atoms with Gasteiger partial charge in [-0.1, -0.05) is 12.1 Å². The molecule has 0 atom stereocenters. The van der Waals surface area contributed by atoms with Crippen LogP contribution in [0.4, 0.5) is 45.6 Å². The predicted octanol–water partition coefficient (Wildman–Crippen LogP) is 4.28. The van der Waals surface area contributed by atoms with Gasteiger partial charge in [0.2, 0.25) is 5.82 Å². The Morgan fingerprint density at radius 2 is 1.24 bits per heavy atom. The molecule has 38 heavy (non-hydrogen) atoms. The second-order valence-corrected chi connectivity index (χ2v) is 9.06. The number of carbonyl (C=O) groups excluding carboxylic acids is 2. The van der Waals surface area contributed by atoms with Crippen LogP contribution in [0, 0.1) is 46.5 Å². The van der Waals surface area contributed by atoms with Crippen LogP contribution >= 0.6 is 0 Å². The summed E-state index contributed by atoms with van der Waals surface area (Å²) in [7, 11) is -4.53. The average molecular weight is 567 g/mol. The van der Waals surface area contributed by atoms with Crippen LogP contribution in [0.3, 0.4) is 0 Å². The molecule has 0 bridgehead atoms. The molecule has 0 saturated heterocycles. The van der Waals surface area contributed by atoms with E-state index in [1.54, 1.807) is 5.32 Å². The van der Waals surface area contributed by atoms with Gasteiger partial charge >= 0.3 is 6.03 Å². The van der Waals surface area contributed by atoms with Crippen molar-refractivity contribution >= 4 is 27.6 Å². The molecule has 202 valence electrons. The lowest BCUT2D eigenvalue weighted by molar-refractivity contribution is 0.0942. The SMILES string of the molecule is O=C(Nc1ccc(F)c(F)c1F)NS(=O)(=O)c1ccc(CCNC(=O)c2c(F)c(F)c(F)c(F)c2F)cc1. The smallest absolute Gasteiger partial charge is 0.333 e. The van der Waals surface area contributed by atoms with Crippen LogP contribution in [0.2, 0.25) is 0 Å². The molecule has 0 fully saturated rings. The molecular weight excluding hydrogens is 554 g/mol. The maximum atomic E-state index is 13.7. The molecule has 3 rings (SSSR count). The molecule has 0 aliphatic heterocycles. The van der Waals surface area contributed by atoms with E-state index in [9.17, 15) is 53.1 Å². The minimum atomic E-state index is -4.53. The van der Waals surface area contributed by atoms with Crippen molar-refractivity contribution in [2.24, 2.45) is 0 Å². The predicted molar refractivity (Wildman–Crippen MR) is 114 cm³/mol. The van der Waals surface area contributed by atoms with E-state index in [1.807, 2.05) is 5.32 Å². The molecule has 0 aromatic heterocycles. The fourth-order valence-electron chi connectivity index (χ4n) is 3.00. The van der Waals surface area contributed by atoms with Gasteiger partial charge in [0.05, 0.1) is 10.6 Å². The maximum Gasteiger partial charge on any atom is 0.333 e. The zero-order valence-corrected chi connectivity index (χ0v) is 19.3. The van der Waals surface area contributed by atoms with Gasteiger partial charge in [-0.15, -0.1) is 0 Å². The standard InChI is InChI=1S/C22H13F8N3O4S/c23-11-5-6-12(15(25)14(11)24)32-22(35)33-38(36,37)10-3-1-9(2-4-10)7-8-31-21(34)13-16(26)18(28)20(30)19(29)17(13)27/h1-6H,7-8H2,(H,31,34)(H2,32,33,35). The van der Waals surface area contributed by atoms with Crippen LogP contribution < -0.4 is 15.4 Å². The summed E-state index contributed by atoms with van der Waals surface area (Å²) < 4.78 is 133. The second kappa shape index (κ2) is 11.0. The molecule has 0 spiro atoms. The Kier molecular flexibility index (Phi) is 8.24. The van der Waals surface area contributed by atoms with Crippen LogP contribution in [0.15, 0.2) is 41.3 Å². The number of urea groups is 1. The van der Waals surface area contributed by atoms with Gasteiger partial charge < -0.3 is 10.6 Å². The van der Waals surface area contributed by atoms with Gasteiger partial charge in [-0.3, -0.25) is 4.79 Å². The Hall–Kier alpha value is -4.21. The number of nitrogens with one attached hydrogen (secondary N) is 3. The van der Waals surface area contributed by atoms with E-state index in [1.165, 1.54) is 16.9 Å². The van der Waals surface area contributed by atoms with Crippen molar-refractivity contribution in [1.82, 2.24) is 10.0 Å². The number of halogens is 8. The highest BCUT2D eigenvalue weighted by Gasteiger charge is 2.29. The highest BCUT2D eigenvalue weighted by molar-refractivity contribution is 7.90. The number of benzene rings is 3. The number of hydrogen-bond acceptors (Lipinski definition) is 4. The first-order valence-corrected chi connectivity index (χ1v) is 11.6. The van der Waals surface area contributed by atoms with Crippen LogP contribution in [-0.4, -0.2) is 26.9 Å². The minimum Gasteiger partial charge on any atom is -0.352 e. The molecule has 7 nitrogen and oxygen atoms in total. The maximum absolute atomic E-state index is 13.7. The van der Waals surface area contributed by atoms with Crippen molar-refractivity contribution in [3.63, 3.8) is 0 Å². The number of rotatable bonds is 7. The molecule has 3 aromatic carbocycles. The summed E-state index contributed by atoms with van der Waals surface area (Å²) in [5.74, 6) is -18.4. The number of anilines is 1. The molecule has 16 heteroatoms.